The third kappa shape index (κ3) is 3.48. The van der Waals surface area contributed by atoms with Gasteiger partial charge >= 0.3 is 0 Å². The van der Waals surface area contributed by atoms with E-state index < -0.39 is 9.84 Å². The summed E-state index contributed by atoms with van der Waals surface area (Å²) in [4.78, 5) is 14.8. The van der Waals surface area contributed by atoms with E-state index in [9.17, 15) is 13.2 Å². The molecular weight excluding hydrogens is 422 g/mol. The quantitative estimate of drug-likeness (QED) is 0.665. The van der Waals surface area contributed by atoms with Crippen molar-refractivity contribution in [1.82, 2.24) is 4.90 Å². The van der Waals surface area contributed by atoms with Crippen LogP contribution in [0.4, 0.5) is 0 Å². The zero-order chi connectivity index (χ0) is 22.8. The van der Waals surface area contributed by atoms with Crippen LogP contribution in [0.2, 0.25) is 0 Å². The van der Waals surface area contributed by atoms with Crippen LogP contribution in [-0.2, 0) is 14.6 Å². The molecule has 4 aliphatic rings. The molecule has 1 saturated heterocycles. The highest BCUT2D eigenvalue weighted by Crippen LogP contribution is 2.62. The zero-order valence-electron chi connectivity index (χ0n) is 19.8. The number of nitrogens with zero attached hydrogens (tertiary/aromatic N) is 1. The fourth-order valence-electron chi connectivity index (χ4n) is 8.18. The Labute approximate surface area is 192 Å². The van der Waals surface area contributed by atoms with Crippen LogP contribution in [0.25, 0.3) is 0 Å². The van der Waals surface area contributed by atoms with Gasteiger partial charge in [-0.25, -0.2) is 8.42 Å². The molecule has 6 unspecified atom stereocenters. The summed E-state index contributed by atoms with van der Waals surface area (Å²) in [6.45, 7) is 4.89. The number of rotatable bonds is 3. The van der Waals surface area contributed by atoms with Crippen LogP contribution in [0.5, 0.6) is 5.75 Å². The van der Waals surface area contributed by atoms with Crippen LogP contribution < -0.4 is 4.74 Å². The Morgan fingerprint density at radius 1 is 1.06 bits per heavy atom. The van der Waals surface area contributed by atoms with Gasteiger partial charge in [-0.05, 0) is 97.8 Å². The third-order valence-corrected chi connectivity index (χ3v) is 10.8. The summed E-state index contributed by atoms with van der Waals surface area (Å²) < 4.78 is 29.9. The number of sulfone groups is 1. The first-order chi connectivity index (χ1) is 15.1. The van der Waals surface area contributed by atoms with Gasteiger partial charge in [0.1, 0.15) is 11.9 Å². The summed E-state index contributed by atoms with van der Waals surface area (Å²) in [5, 5.41) is 0. The molecule has 0 bridgehead atoms. The minimum Gasteiger partial charge on any atom is -0.490 e. The average Bonchev–Trinajstić information content (AvgIpc) is 3.15. The molecule has 5 nitrogen and oxygen atoms in total. The second-order valence-electron chi connectivity index (χ2n) is 11.3. The molecule has 8 atom stereocenters. The molecule has 1 amide bonds. The van der Waals surface area contributed by atoms with E-state index in [0.717, 1.165) is 30.9 Å². The third-order valence-electron chi connectivity index (χ3n) is 9.72. The molecular formula is C26H37NO4S. The van der Waals surface area contributed by atoms with Gasteiger partial charge in [0, 0.05) is 25.8 Å². The smallest absolute Gasteiger partial charge is 0.222 e. The summed E-state index contributed by atoms with van der Waals surface area (Å²) in [6, 6.07) is 7.30. The normalized spacial score (nSPS) is 41.6. The van der Waals surface area contributed by atoms with Crippen molar-refractivity contribution in [1.29, 1.82) is 0 Å². The van der Waals surface area contributed by atoms with Crippen molar-refractivity contribution >= 4 is 15.7 Å². The molecule has 0 radical (unpaired) electrons. The average molecular weight is 460 g/mol. The van der Waals surface area contributed by atoms with Crippen molar-refractivity contribution in [3.05, 3.63) is 24.3 Å². The lowest BCUT2D eigenvalue weighted by Crippen LogP contribution is -2.62. The molecule has 1 aliphatic heterocycles. The molecule has 1 heterocycles. The van der Waals surface area contributed by atoms with Gasteiger partial charge in [0.05, 0.1) is 4.90 Å². The van der Waals surface area contributed by atoms with Gasteiger partial charge in [0.2, 0.25) is 5.91 Å². The lowest BCUT2D eigenvalue weighted by atomic mass is 9.47. The molecule has 3 aliphatic carbocycles. The van der Waals surface area contributed by atoms with E-state index in [2.05, 4.69) is 18.7 Å². The van der Waals surface area contributed by atoms with Gasteiger partial charge in [-0.2, -0.15) is 0 Å². The molecule has 0 spiro atoms. The van der Waals surface area contributed by atoms with E-state index in [-0.39, 0.29) is 11.5 Å². The largest absolute Gasteiger partial charge is 0.490 e. The SMILES string of the molecule is CC1CC2N(C)C(=O)CC[C@]2(C)C2CCC3C(CC[C@@H]3Oc3ccc(S(C)(=O)=O)cc3)C12. The zero-order valence-corrected chi connectivity index (χ0v) is 20.6. The predicted molar refractivity (Wildman–Crippen MR) is 124 cm³/mol. The van der Waals surface area contributed by atoms with Crippen molar-refractivity contribution in [3.63, 3.8) is 0 Å². The van der Waals surface area contributed by atoms with Crippen LogP contribution in [0.15, 0.2) is 29.2 Å². The minimum absolute atomic E-state index is 0.221. The second-order valence-corrected chi connectivity index (χ2v) is 13.3. The van der Waals surface area contributed by atoms with Gasteiger partial charge in [0.15, 0.2) is 9.84 Å². The number of benzene rings is 1. The summed E-state index contributed by atoms with van der Waals surface area (Å²) >= 11 is 0. The molecule has 5 rings (SSSR count). The number of hydrogen-bond acceptors (Lipinski definition) is 4. The van der Waals surface area contributed by atoms with Crippen molar-refractivity contribution in [2.75, 3.05) is 13.3 Å². The Morgan fingerprint density at radius 2 is 1.75 bits per heavy atom. The van der Waals surface area contributed by atoms with Crippen molar-refractivity contribution in [2.45, 2.75) is 75.8 Å². The maximum absolute atomic E-state index is 12.4. The Balaban J connectivity index is 1.33. The van der Waals surface area contributed by atoms with Crippen LogP contribution >= 0.6 is 0 Å². The number of carbonyl (C=O) groups is 1. The van der Waals surface area contributed by atoms with Crippen molar-refractivity contribution < 1.29 is 17.9 Å². The predicted octanol–water partition coefficient (Wildman–Crippen LogP) is 4.56. The first-order valence-corrected chi connectivity index (χ1v) is 14.2. The number of hydrogen-bond donors (Lipinski definition) is 0. The number of carbonyl (C=O) groups excluding carboxylic acids is 1. The Morgan fingerprint density at radius 3 is 2.44 bits per heavy atom. The standard InChI is InChI=1S/C26H37NO4S/c1-16-15-23-26(2,14-13-24(28)27(23)3)21-11-9-19-20(25(16)21)10-12-22(19)31-17-5-7-18(8-6-17)32(4,29)30/h5-8,16,19-23,25H,9-15H2,1-4H3/t16?,19?,20?,21?,22-,23?,25?,26+/m0/s1. The molecule has 1 aromatic rings. The van der Waals surface area contributed by atoms with Gasteiger partial charge < -0.3 is 9.64 Å². The first kappa shape index (κ1) is 22.2. The summed E-state index contributed by atoms with van der Waals surface area (Å²) in [5.74, 6) is 4.43. The van der Waals surface area contributed by atoms with Crippen LogP contribution in [-0.4, -0.2) is 44.7 Å². The van der Waals surface area contributed by atoms with Gasteiger partial charge in [0.25, 0.3) is 0 Å². The fourth-order valence-corrected chi connectivity index (χ4v) is 8.81. The number of amides is 1. The fraction of sp³-hybridized carbons (Fsp3) is 0.731. The van der Waals surface area contributed by atoms with E-state index in [1.54, 1.807) is 24.3 Å². The summed E-state index contributed by atoms with van der Waals surface area (Å²) in [7, 11) is -1.16. The molecule has 32 heavy (non-hydrogen) atoms. The minimum atomic E-state index is -3.19. The summed E-state index contributed by atoms with van der Waals surface area (Å²) in [6.07, 6.45) is 9.06. The number of fused-ring (bicyclic) bond motifs is 5. The monoisotopic (exact) mass is 459 g/mol. The molecule has 3 saturated carbocycles. The first-order valence-electron chi connectivity index (χ1n) is 12.3. The van der Waals surface area contributed by atoms with E-state index >= 15 is 0 Å². The highest BCUT2D eigenvalue weighted by Gasteiger charge is 2.60. The molecule has 0 N–H and O–H groups in total. The highest BCUT2D eigenvalue weighted by atomic mass is 32.2. The molecule has 1 aromatic carbocycles. The van der Waals surface area contributed by atoms with Crippen molar-refractivity contribution in [2.24, 2.45) is 35.0 Å². The molecule has 176 valence electrons. The van der Waals surface area contributed by atoms with E-state index in [1.807, 2.05) is 7.05 Å². The summed E-state index contributed by atoms with van der Waals surface area (Å²) in [5.41, 5.74) is 0.241. The number of piperidine rings is 1. The molecule has 0 aromatic heterocycles. The molecule has 6 heteroatoms. The lowest BCUT2D eigenvalue weighted by molar-refractivity contribution is -0.161. The van der Waals surface area contributed by atoms with E-state index in [0.29, 0.717) is 46.9 Å². The maximum atomic E-state index is 12.4. The molecule has 4 fully saturated rings. The van der Waals surface area contributed by atoms with Crippen LogP contribution in [0, 0.1) is 35.0 Å². The highest BCUT2D eigenvalue weighted by molar-refractivity contribution is 7.90. The second kappa shape index (κ2) is 7.75. The number of likely N-dealkylation sites (tertiary alicyclic amines) is 1. The van der Waals surface area contributed by atoms with Gasteiger partial charge in [-0.1, -0.05) is 13.8 Å². The van der Waals surface area contributed by atoms with Gasteiger partial charge in [-0.15, -0.1) is 0 Å². The maximum Gasteiger partial charge on any atom is 0.222 e. The number of ether oxygens (including phenoxy) is 1. The Bertz CT molecular complexity index is 990. The van der Waals surface area contributed by atoms with Crippen molar-refractivity contribution in [3.8, 4) is 5.75 Å². The Kier molecular flexibility index (Phi) is 5.39. The van der Waals surface area contributed by atoms with Gasteiger partial charge in [-0.3, -0.25) is 4.79 Å². The van der Waals surface area contributed by atoms with Crippen LogP contribution in [0.3, 0.4) is 0 Å². The van der Waals surface area contributed by atoms with E-state index in [4.69, 9.17) is 4.74 Å². The lowest BCUT2D eigenvalue weighted by Gasteiger charge is -2.62. The topological polar surface area (TPSA) is 63.7 Å². The van der Waals surface area contributed by atoms with Crippen LogP contribution in [0.1, 0.15) is 58.8 Å². The Hall–Kier alpha value is -1.56. The van der Waals surface area contributed by atoms with E-state index in [1.165, 1.54) is 25.5 Å².